The first-order valence-electron chi connectivity index (χ1n) is 9.67. The summed E-state index contributed by atoms with van der Waals surface area (Å²) in [6.45, 7) is 0. The largest absolute Gasteiger partial charge is 0.328 e. The monoisotopic (exact) mass is 518 g/mol. The molecular formula is C23H14Cl3FN4O3. The van der Waals surface area contributed by atoms with Crippen LogP contribution in [-0.4, -0.2) is 22.4 Å². The molecule has 0 saturated heterocycles. The molecule has 0 spiro atoms. The Hall–Kier alpha value is -3.59. The van der Waals surface area contributed by atoms with Gasteiger partial charge in [0.05, 0.1) is 21.2 Å². The number of nitrogens with one attached hydrogen (secondary N) is 3. The number of aromatic nitrogens is 1. The predicted octanol–water partition coefficient (Wildman–Crippen LogP) is 5.70. The standard InChI is InChI=1S/C23H14Cl3FN4O3/c24-13-4-9-18-12(10-13)11-19(21(32)28-15-7-5-14(27)6-8-15)31(18)30-23(34)22(33)29-17-3-1-2-16(25)20(17)26/h1-11H,(H,28,32)(H,29,33)(H,30,34). The second-order valence-corrected chi connectivity index (χ2v) is 8.25. The van der Waals surface area contributed by atoms with E-state index in [0.29, 0.717) is 21.6 Å². The minimum Gasteiger partial charge on any atom is -0.321 e. The summed E-state index contributed by atoms with van der Waals surface area (Å²) in [6.07, 6.45) is 0. The minimum absolute atomic E-state index is 0.00327. The fraction of sp³-hybridized carbons (Fsp3) is 0. The molecule has 1 heterocycles. The van der Waals surface area contributed by atoms with Crippen molar-refractivity contribution in [3.8, 4) is 0 Å². The summed E-state index contributed by atoms with van der Waals surface area (Å²) in [4.78, 5) is 38.1. The van der Waals surface area contributed by atoms with Gasteiger partial charge in [-0.3, -0.25) is 19.8 Å². The third-order valence-electron chi connectivity index (χ3n) is 4.72. The molecule has 0 saturated carbocycles. The molecular weight excluding hydrogens is 506 g/mol. The van der Waals surface area contributed by atoms with E-state index in [1.54, 1.807) is 24.3 Å². The number of carbonyl (C=O) groups is 3. The highest BCUT2D eigenvalue weighted by Crippen LogP contribution is 2.29. The number of anilines is 2. The van der Waals surface area contributed by atoms with Crippen molar-refractivity contribution in [2.45, 2.75) is 0 Å². The highest BCUT2D eigenvalue weighted by atomic mass is 35.5. The number of amides is 3. The van der Waals surface area contributed by atoms with Crippen LogP contribution < -0.4 is 16.1 Å². The molecule has 0 bridgehead atoms. The maximum Gasteiger partial charge on any atom is 0.328 e. The Morgan fingerprint density at radius 2 is 1.56 bits per heavy atom. The van der Waals surface area contributed by atoms with E-state index < -0.39 is 23.5 Å². The Balaban J connectivity index is 1.63. The molecule has 3 amide bonds. The lowest BCUT2D eigenvalue weighted by atomic mass is 10.2. The first-order chi connectivity index (χ1) is 16.2. The molecule has 0 aliphatic heterocycles. The van der Waals surface area contributed by atoms with E-state index in [9.17, 15) is 18.8 Å². The third kappa shape index (κ3) is 4.99. The van der Waals surface area contributed by atoms with E-state index in [1.165, 1.54) is 42.5 Å². The van der Waals surface area contributed by atoms with Crippen LogP contribution in [0.3, 0.4) is 0 Å². The van der Waals surface area contributed by atoms with Gasteiger partial charge in [-0.2, -0.15) is 0 Å². The molecule has 3 N–H and O–H groups in total. The average molecular weight is 520 g/mol. The van der Waals surface area contributed by atoms with Crippen LogP contribution in [0, 0.1) is 5.82 Å². The molecule has 172 valence electrons. The number of carbonyl (C=O) groups excluding carboxylic acids is 3. The summed E-state index contributed by atoms with van der Waals surface area (Å²) in [5, 5.41) is 6.22. The van der Waals surface area contributed by atoms with Crippen LogP contribution in [0.25, 0.3) is 10.9 Å². The Bertz CT molecular complexity index is 1440. The first kappa shape index (κ1) is 23.6. The number of fused-ring (bicyclic) bond motifs is 1. The molecule has 7 nitrogen and oxygen atoms in total. The number of hydrogen-bond acceptors (Lipinski definition) is 3. The number of nitrogens with zero attached hydrogens (tertiary/aromatic N) is 1. The smallest absolute Gasteiger partial charge is 0.321 e. The molecule has 0 aliphatic rings. The fourth-order valence-electron chi connectivity index (χ4n) is 3.13. The van der Waals surface area contributed by atoms with Crippen molar-refractivity contribution >= 4 is 74.8 Å². The van der Waals surface area contributed by atoms with Crippen molar-refractivity contribution in [1.29, 1.82) is 0 Å². The van der Waals surface area contributed by atoms with E-state index >= 15 is 0 Å². The molecule has 4 rings (SSSR count). The van der Waals surface area contributed by atoms with Crippen molar-refractivity contribution in [3.63, 3.8) is 0 Å². The second-order valence-electron chi connectivity index (χ2n) is 7.03. The van der Waals surface area contributed by atoms with Gasteiger partial charge in [0.2, 0.25) is 0 Å². The normalized spacial score (nSPS) is 10.7. The van der Waals surface area contributed by atoms with Gasteiger partial charge in [0.25, 0.3) is 5.91 Å². The molecule has 0 radical (unpaired) electrons. The molecule has 0 aliphatic carbocycles. The zero-order valence-electron chi connectivity index (χ0n) is 17.0. The van der Waals surface area contributed by atoms with Crippen LogP contribution in [0.4, 0.5) is 15.8 Å². The summed E-state index contributed by atoms with van der Waals surface area (Å²) >= 11 is 18.1. The van der Waals surface area contributed by atoms with Crippen LogP contribution in [0.5, 0.6) is 0 Å². The van der Waals surface area contributed by atoms with E-state index in [2.05, 4.69) is 16.1 Å². The summed E-state index contributed by atoms with van der Waals surface area (Å²) in [5.74, 6) is -3.18. The molecule has 0 unspecified atom stereocenters. The van der Waals surface area contributed by atoms with Gasteiger partial charge in [0.1, 0.15) is 11.5 Å². The number of rotatable bonds is 4. The van der Waals surface area contributed by atoms with E-state index in [-0.39, 0.29) is 21.4 Å². The van der Waals surface area contributed by atoms with Gasteiger partial charge >= 0.3 is 11.8 Å². The quantitative estimate of drug-likeness (QED) is 0.302. The first-order valence-corrected chi connectivity index (χ1v) is 10.8. The lowest BCUT2D eigenvalue weighted by Crippen LogP contribution is -2.36. The van der Waals surface area contributed by atoms with Gasteiger partial charge in [-0.25, -0.2) is 9.07 Å². The number of halogens is 4. The molecule has 0 atom stereocenters. The van der Waals surface area contributed by atoms with Gasteiger partial charge < -0.3 is 10.6 Å². The highest BCUT2D eigenvalue weighted by molar-refractivity contribution is 6.46. The number of hydrogen-bond donors (Lipinski definition) is 3. The van der Waals surface area contributed by atoms with Gasteiger partial charge in [0, 0.05) is 16.1 Å². The predicted molar refractivity (Wildman–Crippen MR) is 131 cm³/mol. The minimum atomic E-state index is -1.07. The molecule has 3 aromatic carbocycles. The van der Waals surface area contributed by atoms with Crippen LogP contribution >= 0.6 is 34.8 Å². The summed E-state index contributed by atoms with van der Waals surface area (Å²) < 4.78 is 14.3. The molecule has 4 aromatic rings. The Kier molecular flexibility index (Phi) is 6.74. The molecule has 34 heavy (non-hydrogen) atoms. The topological polar surface area (TPSA) is 92.2 Å². The van der Waals surface area contributed by atoms with Crippen LogP contribution in [-0.2, 0) is 9.59 Å². The number of benzene rings is 3. The van der Waals surface area contributed by atoms with Crippen LogP contribution in [0.2, 0.25) is 15.1 Å². The van der Waals surface area contributed by atoms with Gasteiger partial charge in [-0.05, 0) is 60.7 Å². The molecule has 1 aromatic heterocycles. The van der Waals surface area contributed by atoms with Crippen LogP contribution in [0.1, 0.15) is 10.5 Å². The fourth-order valence-corrected chi connectivity index (χ4v) is 3.66. The van der Waals surface area contributed by atoms with Crippen molar-refractivity contribution in [2.75, 3.05) is 16.1 Å². The Morgan fingerprint density at radius 3 is 2.29 bits per heavy atom. The van der Waals surface area contributed by atoms with Crippen molar-refractivity contribution in [3.05, 3.63) is 93.3 Å². The van der Waals surface area contributed by atoms with Gasteiger partial charge in [-0.1, -0.05) is 40.9 Å². The van der Waals surface area contributed by atoms with E-state index in [0.717, 1.165) is 4.68 Å². The highest BCUT2D eigenvalue weighted by Gasteiger charge is 2.22. The Morgan fingerprint density at radius 1 is 0.824 bits per heavy atom. The maximum atomic E-state index is 13.2. The van der Waals surface area contributed by atoms with E-state index in [4.69, 9.17) is 34.8 Å². The SMILES string of the molecule is O=C(Nc1cccc(Cl)c1Cl)C(=O)Nn1c(C(=O)Nc2ccc(F)cc2)cc2cc(Cl)ccc21. The molecule has 0 fully saturated rings. The maximum absolute atomic E-state index is 13.2. The second kappa shape index (κ2) is 9.72. The van der Waals surface area contributed by atoms with Crippen molar-refractivity contribution in [1.82, 2.24) is 4.68 Å². The summed E-state index contributed by atoms with van der Waals surface area (Å²) in [6, 6.07) is 16.0. The summed E-state index contributed by atoms with van der Waals surface area (Å²) in [7, 11) is 0. The van der Waals surface area contributed by atoms with Crippen LogP contribution in [0.15, 0.2) is 66.7 Å². The third-order valence-corrected chi connectivity index (χ3v) is 5.77. The zero-order valence-corrected chi connectivity index (χ0v) is 19.3. The summed E-state index contributed by atoms with van der Waals surface area (Å²) in [5.41, 5.74) is 3.30. The van der Waals surface area contributed by atoms with Crippen molar-refractivity contribution in [2.24, 2.45) is 0 Å². The van der Waals surface area contributed by atoms with Crippen molar-refractivity contribution < 1.29 is 18.8 Å². The van der Waals surface area contributed by atoms with Gasteiger partial charge in [-0.15, -0.1) is 0 Å². The van der Waals surface area contributed by atoms with E-state index in [1.807, 2.05) is 0 Å². The lowest BCUT2D eigenvalue weighted by molar-refractivity contribution is -0.133. The average Bonchev–Trinajstić information content (AvgIpc) is 3.15. The lowest BCUT2D eigenvalue weighted by Gasteiger charge is -2.13. The molecule has 11 heteroatoms. The zero-order chi connectivity index (χ0) is 24.4. The Labute approximate surface area is 207 Å². The van der Waals surface area contributed by atoms with Gasteiger partial charge in [0.15, 0.2) is 0 Å².